The first-order chi connectivity index (χ1) is 9.19. The van der Waals surface area contributed by atoms with E-state index in [0.717, 1.165) is 11.1 Å². The quantitative estimate of drug-likeness (QED) is 0.844. The SMILES string of the molecule is Cc1cc(C)c(C(=O)C2(C(F)(F)F)CCNC2)cc1C. The molecular weight excluding hydrogens is 267 g/mol. The normalized spacial score (nSPS) is 23.1. The number of alkyl halides is 3. The largest absolute Gasteiger partial charge is 0.402 e. The predicted molar refractivity (Wildman–Crippen MR) is 71.0 cm³/mol. The maximum absolute atomic E-state index is 13.4. The summed E-state index contributed by atoms with van der Waals surface area (Å²) in [5.41, 5.74) is 0.328. The molecule has 2 nitrogen and oxygen atoms in total. The van der Waals surface area contributed by atoms with Gasteiger partial charge in [0.1, 0.15) is 5.41 Å². The molecule has 1 fully saturated rings. The van der Waals surface area contributed by atoms with Gasteiger partial charge in [0.05, 0.1) is 0 Å². The van der Waals surface area contributed by atoms with E-state index in [0.29, 0.717) is 5.56 Å². The molecule has 0 amide bonds. The van der Waals surface area contributed by atoms with E-state index < -0.39 is 17.4 Å². The van der Waals surface area contributed by atoms with Crippen LogP contribution in [-0.4, -0.2) is 25.0 Å². The van der Waals surface area contributed by atoms with Crippen molar-refractivity contribution in [2.24, 2.45) is 5.41 Å². The molecule has 1 atom stereocenters. The first-order valence-electron chi connectivity index (χ1n) is 6.59. The molecule has 110 valence electrons. The summed E-state index contributed by atoms with van der Waals surface area (Å²) in [6.45, 7) is 5.26. The lowest BCUT2D eigenvalue weighted by Gasteiger charge is -2.30. The Morgan fingerprint density at radius 1 is 1.15 bits per heavy atom. The van der Waals surface area contributed by atoms with Crippen molar-refractivity contribution in [1.29, 1.82) is 0 Å². The number of hydrogen-bond acceptors (Lipinski definition) is 2. The highest BCUT2D eigenvalue weighted by Gasteiger charge is 2.61. The van der Waals surface area contributed by atoms with Gasteiger partial charge in [-0.1, -0.05) is 6.07 Å². The van der Waals surface area contributed by atoms with Crippen molar-refractivity contribution >= 4 is 5.78 Å². The van der Waals surface area contributed by atoms with E-state index in [-0.39, 0.29) is 25.1 Å². The Labute approximate surface area is 116 Å². The van der Waals surface area contributed by atoms with Gasteiger partial charge in [-0.25, -0.2) is 0 Å². The average Bonchev–Trinajstić information content (AvgIpc) is 2.83. The zero-order valence-corrected chi connectivity index (χ0v) is 11.8. The minimum atomic E-state index is -4.53. The Hall–Kier alpha value is -1.36. The molecule has 1 aromatic rings. The van der Waals surface area contributed by atoms with Gasteiger partial charge in [-0.2, -0.15) is 13.2 Å². The van der Waals surface area contributed by atoms with Crippen LogP contribution in [0.4, 0.5) is 13.2 Å². The van der Waals surface area contributed by atoms with Gasteiger partial charge in [-0.15, -0.1) is 0 Å². The highest BCUT2D eigenvalue weighted by molar-refractivity contribution is 6.03. The molecule has 0 radical (unpaired) electrons. The summed E-state index contributed by atoms with van der Waals surface area (Å²) in [5.74, 6) is -0.810. The molecule has 5 heteroatoms. The van der Waals surface area contributed by atoms with Crippen molar-refractivity contribution in [2.75, 3.05) is 13.1 Å². The Morgan fingerprint density at radius 2 is 1.75 bits per heavy atom. The summed E-state index contributed by atoms with van der Waals surface area (Å²) in [7, 11) is 0. The van der Waals surface area contributed by atoms with Crippen LogP contribution < -0.4 is 5.32 Å². The fraction of sp³-hybridized carbons (Fsp3) is 0.533. The molecule has 0 bridgehead atoms. The summed E-state index contributed by atoms with van der Waals surface area (Å²) in [4.78, 5) is 12.5. The zero-order valence-electron chi connectivity index (χ0n) is 11.8. The Balaban J connectivity index is 2.52. The number of halogens is 3. The van der Waals surface area contributed by atoms with E-state index in [9.17, 15) is 18.0 Å². The number of aryl methyl sites for hydroxylation is 3. The molecule has 20 heavy (non-hydrogen) atoms. The lowest BCUT2D eigenvalue weighted by atomic mass is 9.77. The molecule has 1 aliphatic rings. The molecule has 1 saturated heterocycles. The summed E-state index contributed by atoms with van der Waals surface area (Å²) < 4.78 is 40.2. The fourth-order valence-electron chi connectivity index (χ4n) is 2.72. The number of ketones is 1. The third kappa shape index (κ3) is 2.24. The summed E-state index contributed by atoms with van der Waals surface area (Å²) >= 11 is 0. The number of Topliss-reactive ketones (excluding diaryl/α,β-unsaturated/α-hetero) is 1. The van der Waals surface area contributed by atoms with E-state index in [4.69, 9.17) is 0 Å². The molecule has 0 aromatic heterocycles. The number of benzene rings is 1. The molecule has 1 unspecified atom stereocenters. The Bertz CT molecular complexity index is 543. The van der Waals surface area contributed by atoms with Gasteiger partial charge in [0.2, 0.25) is 0 Å². The van der Waals surface area contributed by atoms with E-state index in [2.05, 4.69) is 5.32 Å². The van der Waals surface area contributed by atoms with Crippen molar-refractivity contribution in [3.8, 4) is 0 Å². The molecule has 1 aliphatic heterocycles. The first-order valence-corrected chi connectivity index (χ1v) is 6.59. The van der Waals surface area contributed by atoms with Crippen LogP contribution >= 0.6 is 0 Å². The van der Waals surface area contributed by atoms with Crippen molar-refractivity contribution in [1.82, 2.24) is 5.32 Å². The number of carbonyl (C=O) groups excluding carboxylic acids is 1. The van der Waals surface area contributed by atoms with Gasteiger partial charge in [0, 0.05) is 12.1 Å². The summed E-state index contributed by atoms with van der Waals surface area (Å²) in [6.07, 6.45) is -4.72. The number of hydrogen-bond donors (Lipinski definition) is 1. The maximum atomic E-state index is 13.4. The second kappa shape index (κ2) is 4.88. The Kier molecular flexibility index (Phi) is 3.67. The van der Waals surface area contributed by atoms with Crippen LogP contribution in [0.15, 0.2) is 12.1 Å². The smallest absolute Gasteiger partial charge is 0.315 e. The molecular formula is C15H18F3NO. The zero-order chi connectivity index (χ0) is 15.1. The van der Waals surface area contributed by atoms with Gasteiger partial charge in [-0.3, -0.25) is 4.79 Å². The second-order valence-electron chi connectivity index (χ2n) is 5.59. The van der Waals surface area contributed by atoms with Crippen LogP contribution in [0.25, 0.3) is 0 Å². The topological polar surface area (TPSA) is 29.1 Å². The molecule has 0 saturated carbocycles. The highest BCUT2D eigenvalue weighted by Crippen LogP contribution is 2.45. The molecule has 1 aromatic carbocycles. The van der Waals surface area contributed by atoms with Crippen molar-refractivity contribution in [3.05, 3.63) is 34.4 Å². The lowest BCUT2D eigenvalue weighted by molar-refractivity contribution is -0.197. The molecule has 2 rings (SSSR count). The highest BCUT2D eigenvalue weighted by atomic mass is 19.4. The maximum Gasteiger partial charge on any atom is 0.402 e. The monoisotopic (exact) mass is 285 g/mol. The van der Waals surface area contributed by atoms with Crippen LogP contribution in [0.2, 0.25) is 0 Å². The van der Waals surface area contributed by atoms with Gasteiger partial charge in [0.25, 0.3) is 0 Å². The van der Waals surface area contributed by atoms with E-state index >= 15 is 0 Å². The second-order valence-corrected chi connectivity index (χ2v) is 5.59. The molecule has 0 aliphatic carbocycles. The van der Waals surface area contributed by atoms with Gasteiger partial charge < -0.3 is 5.32 Å². The lowest BCUT2D eigenvalue weighted by Crippen LogP contribution is -2.47. The first kappa shape index (κ1) is 15.0. The van der Waals surface area contributed by atoms with Crippen LogP contribution in [0, 0.1) is 26.2 Å². The third-order valence-electron chi connectivity index (χ3n) is 4.22. The van der Waals surface area contributed by atoms with Gasteiger partial charge in [0.15, 0.2) is 5.78 Å². The molecule has 1 heterocycles. The standard InChI is InChI=1S/C15H18F3NO/c1-9-6-11(3)12(7-10(9)2)13(20)14(15(16,17)18)4-5-19-8-14/h6-7,19H,4-5,8H2,1-3H3. The van der Waals surface area contributed by atoms with Crippen LogP contribution in [0.1, 0.15) is 33.5 Å². The third-order valence-corrected chi connectivity index (χ3v) is 4.22. The summed E-state index contributed by atoms with van der Waals surface area (Å²) in [5, 5.41) is 2.67. The van der Waals surface area contributed by atoms with Crippen LogP contribution in [0.3, 0.4) is 0 Å². The number of rotatable bonds is 2. The van der Waals surface area contributed by atoms with Gasteiger partial charge >= 0.3 is 6.18 Å². The number of carbonyl (C=O) groups is 1. The summed E-state index contributed by atoms with van der Waals surface area (Å²) in [6, 6.07) is 3.35. The van der Waals surface area contributed by atoms with Crippen molar-refractivity contribution < 1.29 is 18.0 Å². The van der Waals surface area contributed by atoms with E-state index in [1.165, 1.54) is 0 Å². The van der Waals surface area contributed by atoms with Crippen LogP contribution in [-0.2, 0) is 0 Å². The van der Waals surface area contributed by atoms with Crippen molar-refractivity contribution in [3.63, 3.8) is 0 Å². The van der Waals surface area contributed by atoms with E-state index in [1.807, 2.05) is 6.92 Å². The fourth-order valence-corrected chi connectivity index (χ4v) is 2.72. The average molecular weight is 285 g/mol. The predicted octanol–water partition coefficient (Wildman–Crippen LogP) is 3.34. The molecule has 0 spiro atoms. The van der Waals surface area contributed by atoms with E-state index in [1.54, 1.807) is 26.0 Å². The van der Waals surface area contributed by atoms with Crippen LogP contribution in [0.5, 0.6) is 0 Å². The minimum absolute atomic E-state index is 0.189. The Morgan fingerprint density at radius 3 is 2.25 bits per heavy atom. The number of nitrogens with one attached hydrogen (secondary N) is 1. The molecule has 1 N–H and O–H groups in total. The van der Waals surface area contributed by atoms with Crippen molar-refractivity contribution in [2.45, 2.75) is 33.4 Å². The minimum Gasteiger partial charge on any atom is -0.315 e. The van der Waals surface area contributed by atoms with Gasteiger partial charge in [-0.05, 0) is 56.5 Å².